The lowest BCUT2D eigenvalue weighted by atomic mass is 9.89. The second-order valence-corrected chi connectivity index (χ2v) is 5.75. The molecule has 0 unspecified atom stereocenters. The Labute approximate surface area is 100 Å². The Balaban J connectivity index is 1.81. The number of carbonyl (C=O) groups is 1. The molecule has 0 bridgehead atoms. The predicted molar refractivity (Wildman–Crippen MR) is 66.4 cm³/mol. The minimum absolute atomic E-state index is 0.343. The van der Waals surface area contributed by atoms with Crippen LogP contribution in [0, 0.1) is 0 Å². The minimum atomic E-state index is 0.343. The Bertz CT molecular complexity index is 392. The van der Waals surface area contributed by atoms with Gasteiger partial charge in [-0.2, -0.15) is 0 Å². The summed E-state index contributed by atoms with van der Waals surface area (Å²) in [5.41, 5.74) is 1.32. The molecule has 0 spiro atoms. The lowest BCUT2D eigenvalue weighted by Crippen LogP contribution is -2.40. The quantitative estimate of drug-likeness (QED) is 0.742. The molecule has 3 rings (SSSR count). The van der Waals surface area contributed by atoms with Crippen molar-refractivity contribution >= 4 is 17.7 Å². The van der Waals surface area contributed by atoms with Crippen molar-refractivity contribution in [3.05, 3.63) is 35.9 Å². The van der Waals surface area contributed by atoms with Gasteiger partial charge in [0.1, 0.15) is 0 Å². The molecule has 0 saturated carbocycles. The highest BCUT2D eigenvalue weighted by molar-refractivity contribution is 8.00. The van der Waals surface area contributed by atoms with Gasteiger partial charge in [-0.1, -0.05) is 30.3 Å². The molecule has 1 amide bonds. The number of piperidine rings is 1. The van der Waals surface area contributed by atoms with E-state index in [4.69, 9.17) is 0 Å². The van der Waals surface area contributed by atoms with E-state index in [1.54, 1.807) is 0 Å². The van der Waals surface area contributed by atoms with E-state index >= 15 is 0 Å². The zero-order valence-corrected chi connectivity index (χ0v) is 9.95. The average Bonchev–Trinajstić information content (AvgIpc) is 2.79. The zero-order chi connectivity index (χ0) is 11.0. The van der Waals surface area contributed by atoms with Gasteiger partial charge in [0.15, 0.2) is 0 Å². The van der Waals surface area contributed by atoms with Gasteiger partial charge in [0.25, 0.3) is 0 Å². The van der Waals surface area contributed by atoms with Crippen LogP contribution in [0.4, 0.5) is 0 Å². The van der Waals surface area contributed by atoms with Crippen molar-refractivity contribution in [1.82, 2.24) is 4.90 Å². The molecule has 2 saturated heterocycles. The lowest BCUT2D eigenvalue weighted by Gasteiger charge is -2.33. The van der Waals surface area contributed by atoms with Crippen LogP contribution in [0.15, 0.2) is 30.3 Å². The summed E-state index contributed by atoms with van der Waals surface area (Å²) in [6.45, 7) is 0.954. The van der Waals surface area contributed by atoms with Crippen LogP contribution in [-0.2, 0) is 4.79 Å². The molecule has 2 atom stereocenters. The molecule has 1 aromatic carbocycles. The number of hydrogen-bond acceptors (Lipinski definition) is 2. The van der Waals surface area contributed by atoms with Crippen molar-refractivity contribution in [1.29, 1.82) is 0 Å². The molecule has 16 heavy (non-hydrogen) atoms. The summed E-state index contributed by atoms with van der Waals surface area (Å²) in [7, 11) is 0. The topological polar surface area (TPSA) is 20.3 Å². The van der Waals surface area contributed by atoms with E-state index in [9.17, 15) is 4.79 Å². The largest absolute Gasteiger partial charge is 0.330 e. The van der Waals surface area contributed by atoms with Crippen LogP contribution in [0.25, 0.3) is 0 Å². The Hall–Kier alpha value is -0.960. The Kier molecular flexibility index (Phi) is 2.64. The summed E-state index contributed by atoms with van der Waals surface area (Å²) in [5.74, 6) is 1.88. The van der Waals surface area contributed by atoms with Crippen molar-refractivity contribution in [3.8, 4) is 0 Å². The Morgan fingerprint density at radius 1 is 1.25 bits per heavy atom. The van der Waals surface area contributed by atoms with Crippen LogP contribution < -0.4 is 0 Å². The molecule has 2 fully saturated rings. The van der Waals surface area contributed by atoms with Crippen LogP contribution in [0.5, 0.6) is 0 Å². The van der Waals surface area contributed by atoms with E-state index in [0.29, 0.717) is 23.6 Å². The smallest absolute Gasteiger partial charge is 0.224 e. The number of benzene rings is 1. The monoisotopic (exact) mass is 233 g/mol. The third kappa shape index (κ3) is 1.73. The first kappa shape index (κ1) is 10.2. The van der Waals surface area contributed by atoms with E-state index in [0.717, 1.165) is 18.7 Å². The molecular formula is C13H15NOS. The molecule has 3 heteroatoms. The van der Waals surface area contributed by atoms with Gasteiger partial charge in [-0.05, 0) is 17.9 Å². The van der Waals surface area contributed by atoms with Crippen LogP contribution in [0.2, 0.25) is 0 Å². The second kappa shape index (κ2) is 4.13. The molecule has 84 valence electrons. The number of rotatable bonds is 1. The molecular weight excluding hydrogens is 218 g/mol. The molecule has 0 aliphatic carbocycles. The second-order valence-electron chi connectivity index (χ2n) is 4.46. The van der Waals surface area contributed by atoms with Gasteiger partial charge in [-0.15, -0.1) is 11.8 Å². The van der Waals surface area contributed by atoms with E-state index in [1.807, 2.05) is 17.8 Å². The van der Waals surface area contributed by atoms with Crippen LogP contribution in [0.3, 0.4) is 0 Å². The standard InChI is InChI=1S/C13H15NOS/c15-12-8-11(10-4-2-1-3-5-10)9-13-14(12)6-7-16-13/h1-5,11,13H,6-9H2/t11-,13-/m1/s1. The normalized spacial score (nSPS) is 29.2. The Morgan fingerprint density at radius 2 is 2.06 bits per heavy atom. The van der Waals surface area contributed by atoms with Crippen molar-refractivity contribution in [2.24, 2.45) is 0 Å². The first-order chi connectivity index (χ1) is 7.84. The van der Waals surface area contributed by atoms with Gasteiger partial charge in [0, 0.05) is 18.7 Å². The fourth-order valence-electron chi connectivity index (χ4n) is 2.64. The summed E-state index contributed by atoms with van der Waals surface area (Å²) < 4.78 is 0. The third-order valence-electron chi connectivity index (χ3n) is 3.49. The van der Waals surface area contributed by atoms with Gasteiger partial charge in [-0.3, -0.25) is 4.79 Å². The minimum Gasteiger partial charge on any atom is -0.330 e. The molecule has 2 nitrogen and oxygen atoms in total. The molecule has 0 N–H and O–H groups in total. The predicted octanol–water partition coefficient (Wildman–Crippen LogP) is 2.47. The number of thioether (sulfide) groups is 1. The van der Waals surface area contributed by atoms with Gasteiger partial charge in [-0.25, -0.2) is 0 Å². The summed E-state index contributed by atoms with van der Waals surface area (Å²) in [5, 5.41) is 0.437. The highest BCUT2D eigenvalue weighted by Crippen LogP contribution is 2.39. The SMILES string of the molecule is O=C1C[C@@H](c2ccccc2)C[C@H]2SCCN12. The number of amides is 1. The number of fused-ring (bicyclic) bond motifs is 1. The Morgan fingerprint density at radius 3 is 2.88 bits per heavy atom. The first-order valence-electron chi connectivity index (χ1n) is 5.80. The van der Waals surface area contributed by atoms with Crippen molar-refractivity contribution < 1.29 is 4.79 Å². The molecule has 0 radical (unpaired) electrons. The molecule has 1 aromatic rings. The van der Waals surface area contributed by atoms with Gasteiger partial charge in [0.05, 0.1) is 5.37 Å². The van der Waals surface area contributed by atoms with E-state index < -0.39 is 0 Å². The highest BCUT2D eigenvalue weighted by Gasteiger charge is 2.37. The van der Waals surface area contributed by atoms with Crippen LogP contribution in [-0.4, -0.2) is 28.5 Å². The van der Waals surface area contributed by atoms with Crippen molar-refractivity contribution in [2.45, 2.75) is 24.1 Å². The van der Waals surface area contributed by atoms with Crippen LogP contribution in [0.1, 0.15) is 24.3 Å². The summed E-state index contributed by atoms with van der Waals surface area (Å²) in [6, 6.07) is 10.5. The summed E-state index contributed by atoms with van der Waals surface area (Å²) in [4.78, 5) is 14.0. The number of nitrogens with zero attached hydrogens (tertiary/aromatic N) is 1. The van der Waals surface area contributed by atoms with Gasteiger partial charge in [0.2, 0.25) is 5.91 Å². The molecule has 2 heterocycles. The zero-order valence-electron chi connectivity index (χ0n) is 9.13. The maximum Gasteiger partial charge on any atom is 0.224 e. The van der Waals surface area contributed by atoms with Crippen molar-refractivity contribution in [3.63, 3.8) is 0 Å². The summed E-state index contributed by atoms with van der Waals surface area (Å²) >= 11 is 1.93. The average molecular weight is 233 g/mol. The maximum atomic E-state index is 12.0. The van der Waals surface area contributed by atoms with Gasteiger partial charge >= 0.3 is 0 Å². The number of carbonyl (C=O) groups excluding carboxylic acids is 1. The fourth-order valence-corrected chi connectivity index (χ4v) is 3.98. The van der Waals surface area contributed by atoms with E-state index in [1.165, 1.54) is 5.56 Å². The molecule has 2 aliphatic rings. The first-order valence-corrected chi connectivity index (χ1v) is 6.85. The number of hydrogen-bond donors (Lipinski definition) is 0. The summed E-state index contributed by atoms with van der Waals surface area (Å²) in [6.07, 6.45) is 1.82. The lowest BCUT2D eigenvalue weighted by molar-refractivity contribution is -0.134. The maximum absolute atomic E-state index is 12.0. The molecule has 2 aliphatic heterocycles. The van der Waals surface area contributed by atoms with Gasteiger partial charge < -0.3 is 4.90 Å². The fraction of sp³-hybridized carbons (Fsp3) is 0.462. The van der Waals surface area contributed by atoms with Crippen LogP contribution >= 0.6 is 11.8 Å². The molecule has 0 aromatic heterocycles. The van der Waals surface area contributed by atoms with E-state index in [-0.39, 0.29) is 0 Å². The third-order valence-corrected chi connectivity index (χ3v) is 4.74. The van der Waals surface area contributed by atoms with Crippen molar-refractivity contribution in [2.75, 3.05) is 12.3 Å². The highest BCUT2D eigenvalue weighted by atomic mass is 32.2. The van der Waals surface area contributed by atoms with E-state index in [2.05, 4.69) is 29.2 Å².